The predicted molar refractivity (Wildman–Crippen MR) is 68.0 cm³/mol. The van der Waals surface area contributed by atoms with Crippen LogP contribution < -0.4 is 5.32 Å². The molecule has 0 unspecified atom stereocenters. The van der Waals surface area contributed by atoms with Gasteiger partial charge in [0.15, 0.2) is 11.6 Å². The number of hydrogen-bond acceptors (Lipinski definition) is 2. The Labute approximate surface area is 117 Å². The molecule has 0 spiro atoms. The lowest BCUT2D eigenvalue weighted by atomic mass is 10.1. The molecule has 7 heteroatoms. The minimum absolute atomic E-state index is 0.0103. The number of aromatic nitrogens is 1. The van der Waals surface area contributed by atoms with Crippen molar-refractivity contribution in [2.45, 2.75) is 12.7 Å². The summed E-state index contributed by atoms with van der Waals surface area (Å²) in [6.07, 6.45) is -3.24. The average molecular weight is 305 g/mol. The maximum absolute atomic E-state index is 13.5. The molecular formula is C13H9ClF4N2. The summed E-state index contributed by atoms with van der Waals surface area (Å²) in [4.78, 5) is 3.69. The minimum Gasteiger partial charge on any atom is -0.364 e. The smallest absolute Gasteiger partial charge is 0.364 e. The molecule has 0 aliphatic carbocycles. The van der Waals surface area contributed by atoms with E-state index in [1.165, 1.54) is 24.4 Å². The van der Waals surface area contributed by atoms with E-state index in [1.54, 1.807) is 0 Å². The monoisotopic (exact) mass is 304 g/mol. The first-order valence-corrected chi connectivity index (χ1v) is 5.96. The molecule has 1 N–H and O–H groups in total. The van der Waals surface area contributed by atoms with E-state index in [0.717, 1.165) is 12.1 Å². The van der Waals surface area contributed by atoms with Crippen molar-refractivity contribution in [3.8, 4) is 0 Å². The number of pyridine rings is 1. The van der Waals surface area contributed by atoms with E-state index in [-0.39, 0.29) is 22.9 Å². The molecule has 1 aromatic heterocycles. The van der Waals surface area contributed by atoms with Crippen LogP contribution >= 0.6 is 11.6 Å². The van der Waals surface area contributed by atoms with Gasteiger partial charge in [0.25, 0.3) is 0 Å². The maximum Gasteiger partial charge on any atom is 0.416 e. The Bertz CT molecular complexity index is 614. The third kappa shape index (κ3) is 3.39. The van der Waals surface area contributed by atoms with E-state index in [1.807, 2.05) is 0 Å². The number of alkyl halides is 3. The van der Waals surface area contributed by atoms with Gasteiger partial charge >= 0.3 is 6.18 Å². The standard InChI is InChI=1S/C13H9ClF4N2/c14-9-5-11(15)12(20-7-9)19-6-8-3-1-2-4-10(8)13(16,17)18/h1-5,7H,6H2,(H,19,20). The number of anilines is 1. The highest BCUT2D eigenvalue weighted by atomic mass is 35.5. The van der Waals surface area contributed by atoms with E-state index in [4.69, 9.17) is 11.6 Å². The first-order chi connectivity index (χ1) is 9.38. The van der Waals surface area contributed by atoms with Gasteiger partial charge in [-0.2, -0.15) is 13.2 Å². The zero-order chi connectivity index (χ0) is 14.8. The lowest BCUT2D eigenvalue weighted by Crippen LogP contribution is -2.12. The Morgan fingerprint density at radius 3 is 2.55 bits per heavy atom. The van der Waals surface area contributed by atoms with Crippen molar-refractivity contribution in [2.24, 2.45) is 0 Å². The van der Waals surface area contributed by atoms with Gasteiger partial charge in [-0.3, -0.25) is 0 Å². The minimum atomic E-state index is -4.45. The number of hydrogen-bond donors (Lipinski definition) is 1. The molecule has 0 saturated heterocycles. The zero-order valence-electron chi connectivity index (χ0n) is 10.0. The SMILES string of the molecule is Fc1cc(Cl)cnc1NCc1ccccc1C(F)(F)F. The van der Waals surface area contributed by atoms with Crippen LogP contribution in [0.4, 0.5) is 23.4 Å². The third-order valence-electron chi connectivity index (χ3n) is 2.58. The van der Waals surface area contributed by atoms with Crippen LogP contribution in [0.2, 0.25) is 5.02 Å². The Morgan fingerprint density at radius 2 is 1.90 bits per heavy atom. The van der Waals surface area contributed by atoms with Gasteiger partial charge in [0.1, 0.15) is 0 Å². The Kier molecular flexibility index (Phi) is 4.13. The summed E-state index contributed by atoms with van der Waals surface area (Å²) in [7, 11) is 0. The normalized spacial score (nSPS) is 11.4. The van der Waals surface area contributed by atoms with E-state index in [0.29, 0.717) is 0 Å². The molecule has 0 atom stereocenters. The molecule has 0 aliphatic heterocycles. The van der Waals surface area contributed by atoms with Gasteiger partial charge in [0.05, 0.1) is 10.6 Å². The highest BCUT2D eigenvalue weighted by molar-refractivity contribution is 6.30. The number of nitrogens with one attached hydrogen (secondary N) is 1. The van der Waals surface area contributed by atoms with E-state index in [2.05, 4.69) is 10.3 Å². The molecule has 0 saturated carbocycles. The van der Waals surface area contributed by atoms with Crippen molar-refractivity contribution in [1.29, 1.82) is 0 Å². The van der Waals surface area contributed by atoms with Gasteiger partial charge in [-0.25, -0.2) is 9.37 Å². The molecule has 20 heavy (non-hydrogen) atoms. The van der Waals surface area contributed by atoms with Crippen LogP contribution in [0.25, 0.3) is 0 Å². The summed E-state index contributed by atoms with van der Waals surface area (Å²) in [5, 5.41) is 2.64. The number of rotatable bonds is 3. The summed E-state index contributed by atoms with van der Waals surface area (Å²) in [5.74, 6) is -0.867. The maximum atomic E-state index is 13.5. The molecule has 0 radical (unpaired) electrons. The van der Waals surface area contributed by atoms with Gasteiger partial charge in [-0.1, -0.05) is 29.8 Å². The molecular weight excluding hydrogens is 296 g/mol. The molecule has 0 amide bonds. The van der Waals surface area contributed by atoms with Crippen molar-refractivity contribution in [2.75, 3.05) is 5.32 Å². The number of halogens is 5. The quantitative estimate of drug-likeness (QED) is 0.844. The second kappa shape index (κ2) is 5.66. The highest BCUT2D eigenvalue weighted by Crippen LogP contribution is 2.32. The second-order valence-corrected chi connectivity index (χ2v) is 4.43. The Morgan fingerprint density at radius 1 is 1.20 bits per heavy atom. The zero-order valence-corrected chi connectivity index (χ0v) is 10.8. The van der Waals surface area contributed by atoms with Crippen molar-refractivity contribution in [3.05, 3.63) is 58.5 Å². The second-order valence-electron chi connectivity index (χ2n) is 3.99. The van der Waals surface area contributed by atoms with Crippen molar-refractivity contribution < 1.29 is 17.6 Å². The van der Waals surface area contributed by atoms with Crippen LogP contribution in [-0.4, -0.2) is 4.98 Å². The topological polar surface area (TPSA) is 24.9 Å². The first-order valence-electron chi connectivity index (χ1n) is 5.58. The fraction of sp³-hybridized carbons (Fsp3) is 0.154. The lowest BCUT2D eigenvalue weighted by molar-refractivity contribution is -0.138. The number of benzene rings is 1. The largest absolute Gasteiger partial charge is 0.416 e. The van der Waals surface area contributed by atoms with E-state index in [9.17, 15) is 17.6 Å². The lowest BCUT2D eigenvalue weighted by Gasteiger charge is -2.13. The predicted octanol–water partition coefficient (Wildman–Crippen LogP) is 4.51. The molecule has 0 aliphatic rings. The van der Waals surface area contributed by atoms with E-state index < -0.39 is 17.6 Å². The van der Waals surface area contributed by atoms with E-state index >= 15 is 0 Å². The summed E-state index contributed by atoms with van der Waals surface area (Å²) in [6, 6.07) is 6.12. The highest BCUT2D eigenvalue weighted by Gasteiger charge is 2.32. The average Bonchev–Trinajstić information content (AvgIpc) is 2.37. The summed E-state index contributed by atoms with van der Waals surface area (Å²) >= 11 is 5.54. The van der Waals surface area contributed by atoms with Crippen molar-refractivity contribution in [1.82, 2.24) is 4.98 Å². The molecule has 0 bridgehead atoms. The van der Waals surface area contributed by atoms with Crippen LogP contribution in [0, 0.1) is 5.82 Å². The molecule has 2 nitrogen and oxygen atoms in total. The van der Waals surface area contributed by atoms with Gasteiger partial charge < -0.3 is 5.32 Å². The fourth-order valence-electron chi connectivity index (χ4n) is 1.67. The number of nitrogens with zero attached hydrogens (tertiary/aromatic N) is 1. The Balaban J connectivity index is 2.19. The fourth-order valence-corrected chi connectivity index (χ4v) is 1.82. The molecule has 106 valence electrons. The molecule has 1 aromatic carbocycles. The van der Waals surface area contributed by atoms with Crippen LogP contribution in [-0.2, 0) is 12.7 Å². The van der Waals surface area contributed by atoms with Crippen molar-refractivity contribution >= 4 is 17.4 Å². The third-order valence-corrected chi connectivity index (χ3v) is 2.78. The van der Waals surface area contributed by atoms with Crippen molar-refractivity contribution in [3.63, 3.8) is 0 Å². The molecule has 1 heterocycles. The van der Waals surface area contributed by atoms with Gasteiger partial charge in [-0.15, -0.1) is 0 Å². The summed E-state index contributed by atoms with van der Waals surface area (Å²) in [5.41, 5.74) is -0.752. The Hall–Kier alpha value is -1.82. The van der Waals surface area contributed by atoms with Crippen LogP contribution in [0.15, 0.2) is 36.5 Å². The van der Waals surface area contributed by atoms with Gasteiger partial charge in [-0.05, 0) is 17.7 Å². The van der Waals surface area contributed by atoms with Crippen LogP contribution in [0.1, 0.15) is 11.1 Å². The van der Waals surface area contributed by atoms with Gasteiger partial charge in [0.2, 0.25) is 0 Å². The molecule has 2 rings (SSSR count). The van der Waals surface area contributed by atoms with Crippen LogP contribution in [0.3, 0.4) is 0 Å². The van der Waals surface area contributed by atoms with Gasteiger partial charge in [0, 0.05) is 12.7 Å². The molecule has 0 fully saturated rings. The molecule has 2 aromatic rings. The summed E-state index contributed by atoms with van der Waals surface area (Å²) < 4.78 is 51.8. The van der Waals surface area contributed by atoms with Crippen LogP contribution in [0.5, 0.6) is 0 Å². The summed E-state index contributed by atoms with van der Waals surface area (Å²) in [6.45, 7) is -0.193. The first kappa shape index (κ1) is 14.6.